The molecule has 2 atom stereocenters. The molecule has 17 heavy (non-hydrogen) atoms. The standard InChI is InChI=1S/C12H17ClN2O.ClH/c1-8(14)6-12(16)15-9(2)10-4-3-5-11(13)7-10;/h3-5,7-9H,6,14H2,1-2H3,(H,15,16);1H/t8?,9-;/m1./s1. The zero-order valence-electron chi connectivity index (χ0n) is 9.94. The first-order valence-electron chi connectivity index (χ1n) is 5.29. The third-order valence-electron chi connectivity index (χ3n) is 2.23. The van der Waals surface area contributed by atoms with Gasteiger partial charge in [-0.25, -0.2) is 0 Å². The second kappa shape index (κ2) is 7.54. The molecule has 3 nitrogen and oxygen atoms in total. The highest BCUT2D eigenvalue weighted by Gasteiger charge is 2.10. The van der Waals surface area contributed by atoms with Crippen LogP contribution in [0.2, 0.25) is 5.02 Å². The summed E-state index contributed by atoms with van der Waals surface area (Å²) in [6.45, 7) is 3.73. The van der Waals surface area contributed by atoms with E-state index >= 15 is 0 Å². The Bertz CT molecular complexity index is 369. The first kappa shape index (κ1) is 16.2. The monoisotopic (exact) mass is 276 g/mol. The number of carbonyl (C=O) groups excluding carboxylic acids is 1. The molecule has 1 aromatic rings. The zero-order valence-corrected chi connectivity index (χ0v) is 11.5. The van der Waals surface area contributed by atoms with Crippen molar-refractivity contribution in [3.05, 3.63) is 34.9 Å². The van der Waals surface area contributed by atoms with Gasteiger partial charge in [-0.05, 0) is 31.5 Å². The molecular formula is C12H18Cl2N2O. The number of hydrogen-bond donors (Lipinski definition) is 2. The highest BCUT2D eigenvalue weighted by Crippen LogP contribution is 2.17. The van der Waals surface area contributed by atoms with Crippen LogP contribution in [0.4, 0.5) is 0 Å². The average Bonchev–Trinajstić information content (AvgIpc) is 2.16. The van der Waals surface area contributed by atoms with Crippen LogP contribution >= 0.6 is 24.0 Å². The summed E-state index contributed by atoms with van der Waals surface area (Å²) in [4.78, 5) is 11.5. The predicted molar refractivity (Wildman–Crippen MR) is 73.5 cm³/mol. The van der Waals surface area contributed by atoms with Gasteiger partial charge in [0.05, 0.1) is 6.04 Å². The van der Waals surface area contributed by atoms with Crippen molar-refractivity contribution >= 4 is 29.9 Å². The van der Waals surface area contributed by atoms with Crippen LogP contribution in [-0.2, 0) is 4.79 Å². The van der Waals surface area contributed by atoms with E-state index in [9.17, 15) is 4.79 Å². The Morgan fingerprint density at radius 3 is 2.65 bits per heavy atom. The zero-order chi connectivity index (χ0) is 12.1. The second-order valence-electron chi connectivity index (χ2n) is 4.03. The molecule has 0 saturated heterocycles. The molecule has 96 valence electrons. The van der Waals surface area contributed by atoms with E-state index in [1.165, 1.54) is 0 Å². The Kier molecular flexibility index (Phi) is 7.19. The van der Waals surface area contributed by atoms with Crippen molar-refractivity contribution in [3.8, 4) is 0 Å². The minimum Gasteiger partial charge on any atom is -0.350 e. The highest BCUT2D eigenvalue weighted by atomic mass is 35.5. The smallest absolute Gasteiger partial charge is 0.222 e. The van der Waals surface area contributed by atoms with Gasteiger partial charge in [-0.2, -0.15) is 0 Å². The number of carbonyl (C=O) groups is 1. The Balaban J connectivity index is 0.00000256. The van der Waals surface area contributed by atoms with Crippen molar-refractivity contribution in [1.29, 1.82) is 0 Å². The Morgan fingerprint density at radius 1 is 1.47 bits per heavy atom. The normalized spacial score (nSPS) is 13.4. The lowest BCUT2D eigenvalue weighted by Crippen LogP contribution is -2.31. The van der Waals surface area contributed by atoms with Crippen LogP contribution in [0.15, 0.2) is 24.3 Å². The summed E-state index contributed by atoms with van der Waals surface area (Å²) in [5.41, 5.74) is 6.54. The van der Waals surface area contributed by atoms with E-state index < -0.39 is 0 Å². The van der Waals surface area contributed by atoms with E-state index in [0.29, 0.717) is 11.4 Å². The average molecular weight is 277 g/mol. The fourth-order valence-electron chi connectivity index (χ4n) is 1.45. The van der Waals surface area contributed by atoms with Gasteiger partial charge in [-0.1, -0.05) is 23.7 Å². The topological polar surface area (TPSA) is 55.1 Å². The largest absolute Gasteiger partial charge is 0.350 e. The molecule has 1 amide bonds. The van der Waals surface area contributed by atoms with Crippen LogP contribution in [0.25, 0.3) is 0 Å². The Morgan fingerprint density at radius 2 is 2.12 bits per heavy atom. The van der Waals surface area contributed by atoms with E-state index in [0.717, 1.165) is 5.56 Å². The van der Waals surface area contributed by atoms with Crippen LogP contribution in [0, 0.1) is 0 Å². The van der Waals surface area contributed by atoms with Gasteiger partial charge in [-0.15, -0.1) is 12.4 Å². The molecular weight excluding hydrogens is 259 g/mol. The number of hydrogen-bond acceptors (Lipinski definition) is 2. The van der Waals surface area contributed by atoms with Crippen molar-refractivity contribution < 1.29 is 4.79 Å². The first-order valence-corrected chi connectivity index (χ1v) is 5.67. The fourth-order valence-corrected chi connectivity index (χ4v) is 1.65. The number of nitrogens with one attached hydrogen (secondary N) is 1. The third kappa shape index (κ3) is 5.91. The molecule has 5 heteroatoms. The van der Waals surface area contributed by atoms with E-state index in [-0.39, 0.29) is 30.4 Å². The van der Waals surface area contributed by atoms with Crippen LogP contribution < -0.4 is 11.1 Å². The molecule has 0 aliphatic rings. The number of benzene rings is 1. The van der Waals surface area contributed by atoms with Crippen molar-refractivity contribution in [2.45, 2.75) is 32.4 Å². The van der Waals surface area contributed by atoms with Crippen LogP contribution in [0.5, 0.6) is 0 Å². The second-order valence-corrected chi connectivity index (χ2v) is 4.46. The minimum atomic E-state index is -0.119. The quantitative estimate of drug-likeness (QED) is 0.889. The molecule has 0 radical (unpaired) electrons. The van der Waals surface area contributed by atoms with Crippen LogP contribution in [0.3, 0.4) is 0 Å². The van der Waals surface area contributed by atoms with Gasteiger partial charge in [0.2, 0.25) is 5.91 Å². The number of amides is 1. The highest BCUT2D eigenvalue weighted by molar-refractivity contribution is 6.30. The summed E-state index contributed by atoms with van der Waals surface area (Å²) in [5.74, 6) is -0.0394. The summed E-state index contributed by atoms with van der Waals surface area (Å²) in [7, 11) is 0. The van der Waals surface area contributed by atoms with Gasteiger partial charge in [0, 0.05) is 17.5 Å². The maximum atomic E-state index is 11.5. The molecule has 1 aromatic carbocycles. The molecule has 0 aliphatic carbocycles. The van der Waals surface area contributed by atoms with Crippen LogP contribution in [-0.4, -0.2) is 11.9 Å². The van der Waals surface area contributed by atoms with E-state index in [2.05, 4.69) is 5.32 Å². The molecule has 0 aromatic heterocycles. The maximum absolute atomic E-state index is 11.5. The lowest BCUT2D eigenvalue weighted by Gasteiger charge is -2.15. The SMILES string of the molecule is CC(N)CC(=O)N[C@H](C)c1cccc(Cl)c1.Cl. The summed E-state index contributed by atoms with van der Waals surface area (Å²) in [6.07, 6.45) is 0.338. The van der Waals surface area contributed by atoms with Crippen molar-refractivity contribution in [3.63, 3.8) is 0 Å². The summed E-state index contributed by atoms with van der Waals surface area (Å²) in [6, 6.07) is 7.28. The Labute approximate surface area is 113 Å². The molecule has 0 bridgehead atoms. The first-order chi connectivity index (χ1) is 7.49. The van der Waals surface area contributed by atoms with Gasteiger partial charge in [0.25, 0.3) is 0 Å². The van der Waals surface area contributed by atoms with Gasteiger partial charge in [0.15, 0.2) is 0 Å². The van der Waals surface area contributed by atoms with Crippen molar-refractivity contribution in [1.82, 2.24) is 5.32 Å². The molecule has 0 heterocycles. The summed E-state index contributed by atoms with van der Waals surface area (Å²) >= 11 is 5.88. The maximum Gasteiger partial charge on any atom is 0.222 e. The molecule has 0 spiro atoms. The minimum absolute atomic E-state index is 0. The van der Waals surface area contributed by atoms with Crippen molar-refractivity contribution in [2.75, 3.05) is 0 Å². The van der Waals surface area contributed by atoms with Gasteiger partial charge in [-0.3, -0.25) is 4.79 Å². The summed E-state index contributed by atoms with van der Waals surface area (Å²) < 4.78 is 0. The fraction of sp³-hybridized carbons (Fsp3) is 0.417. The Hall–Kier alpha value is -0.770. The van der Waals surface area contributed by atoms with E-state index in [1.54, 1.807) is 0 Å². The number of rotatable bonds is 4. The molecule has 0 fully saturated rings. The molecule has 3 N–H and O–H groups in total. The number of halogens is 2. The van der Waals surface area contributed by atoms with Gasteiger partial charge in [0.1, 0.15) is 0 Å². The molecule has 0 saturated carbocycles. The van der Waals surface area contributed by atoms with Gasteiger partial charge >= 0.3 is 0 Å². The summed E-state index contributed by atoms with van der Waals surface area (Å²) in [5, 5.41) is 3.55. The lowest BCUT2D eigenvalue weighted by atomic mass is 10.1. The third-order valence-corrected chi connectivity index (χ3v) is 2.47. The van der Waals surface area contributed by atoms with Crippen LogP contribution in [0.1, 0.15) is 31.9 Å². The lowest BCUT2D eigenvalue weighted by molar-refractivity contribution is -0.122. The van der Waals surface area contributed by atoms with E-state index in [4.69, 9.17) is 17.3 Å². The molecule has 1 unspecified atom stereocenters. The van der Waals surface area contributed by atoms with Gasteiger partial charge < -0.3 is 11.1 Å². The number of nitrogens with two attached hydrogens (primary N) is 1. The molecule has 0 aliphatic heterocycles. The van der Waals surface area contributed by atoms with E-state index in [1.807, 2.05) is 38.1 Å². The van der Waals surface area contributed by atoms with Crippen molar-refractivity contribution in [2.24, 2.45) is 5.73 Å². The molecule has 1 rings (SSSR count). The predicted octanol–water partition coefficient (Wildman–Crippen LogP) is 2.68.